The molecule has 18 heavy (non-hydrogen) atoms. The van der Waals surface area contributed by atoms with Gasteiger partial charge in [-0.3, -0.25) is 0 Å². The van der Waals surface area contributed by atoms with Crippen LogP contribution in [-0.4, -0.2) is 4.98 Å². The summed E-state index contributed by atoms with van der Waals surface area (Å²) in [5.74, 6) is -0.614. The molecule has 0 spiro atoms. The number of benzene rings is 1. The number of nitrogens with zero attached hydrogens (tertiary/aromatic N) is 2. The third-order valence-electron chi connectivity index (χ3n) is 2.40. The molecule has 2 nitrogen and oxygen atoms in total. The van der Waals surface area contributed by atoms with Crippen LogP contribution in [0.4, 0.5) is 4.39 Å². The van der Waals surface area contributed by atoms with E-state index in [1.54, 1.807) is 18.2 Å². The second kappa shape index (κ2) is 5.34. The Hall–Kier alpha value is -1.63. The van der Waals surface area contributed by atoms with E-state index in [-0.39, 0.29) is 6.42 Å². The summed E-state index contributed by atoms with van der Waals surface area (Å²) in [4.78, 5) is 3.60. The Morgan fingerprint density at radius 2 is 1.83 bits per heavy atom. The van der Waals surface area contributed by atoms with Crippen molar-refractivity contribution in [2.45, 2.75) is 6.42 Å². The molecule has 1 heterocycles. The molecular formula is C13H7Cl2FN2. The highest BCUT2D eigenvalue weighted by molar-refractivity contribution is 6.35. The van der Waals surface area contributed by atoms with E-state index in [2.05, 4.69) is 4.98 Å². The fraction of sp³-hybridized carbons (Fsp3) is 0.0769. The van der Waals surface area contributed by atoms with Gasteiger partial charge in [-0.05, 0) is 35.4 Å². The molecule has 0 atom stereocenters. The van der Waals surface area contributed by atoms with E-state index >= 15 is 0 Å². The highest BCUT2D eigenvalue weighted by atomic mass is 35.5. The van der Waals surface area contributed by atoms with Gasteiger partial charge in [0.1, 0.15) is 0 Å². The van der Waals surface area contributed by atoms with E-state index in [1.165, 1.54) is 12.3 Å². The first-order valence-corrected chi connectivity index (χ1v) is 5.83. The van der Waals surface area contributed by atoms with Crippen LogP contribution < -0.4 is 0 Å². The Morgan fingerprint density at radius 1 is 1.17 bits per heavy atom. The van der Waals surface area contributed by atoms with Crippen LogP contribution in [0.25, 0.3) is 11.1 Å². The molecular weight excluding hydrogens is 274 g/mol. The summed E-state index contributed by atoms with van der Waals surface area (Å²) >= 11 is 11.8. The number of hydrogen-bond donors (Lipinski definition) is 0. The monoisotopic (exact) mass is 280 g/mol. The lowest BCUT2D eigenvalue weighted by atomic mass is 10.0. The minimum absolute atomic E-state index is 0.0961. The van der Waals surface area contributed by atoms with Gasteiger partial charge < -0.3 is 0 Å². The molecule has 0 saturated carbocycles. The number of pyridine rings is 1. The van der Waals surface area contributed by atoms with Crippen LogP contribution in [0.5, 0.6) is 0 Å². The summed E-state index contributed by atoms with van der Waals surface area (Å²) in [5.41, 5.74) is 1.93. The van der Waals surface area contributed by atoms with E-state index in [0.29, 0.717) is 26.7 Å². The van der Waals surface area contributed by atoms with Gasteiger partial charge in [-0.2, -0.15) is 9.65 Å². The van der Waals surface area contributed by atoms with Crippen LogP contribution in [-0.2, 0) is 6.42 Å². The molecule has 0 fully saturated rings. The first kappa shape index (κ1) is 12.8. The van der Waals surface area contributed by atoms with Crippen molar-refractivity contribution in [1.82, 2.24) is 4.98 Å². The van der Waals surface area contributed by atoms with Crippen LogP contribution in [0.3, 0.4) is 0 Å². The SMILES string of the molecule is N#CCc1cc(F)ncc1-c1cc(Cl)cc(Cl)c1. The molecule has 0 aliphatic carbocycles. The third kappa shape index (κ3) is 2.79. The average molecular weight is 281 g/mol. The Labute approximate surface area is 114 Å². The van der Waals surface area contributed by atoms with Crippen molar-refractivity contribution in [3.8, 4) is 17.2 Å². The molecule has 90 valence electrons. The van der Waals surface area contributed by atoms with Gasteiger partial charge in [-0.1, -0.05) is 23.2 Å². The Bertz CT molecular complexity index is 615. The van der Waals surface area contributed by atoms with Gasteiger partial charge in [0.2, 0.25) is 5.95 Å². The fourth-order valence-electron chi connectivity index (χ4n) is 1.67. The lowest BCUT2D eigenvalue weighted by Crippen LogP contribution is -1.93. The van der Waals surface area contributed by atoms with Crippen molar-refractivity contribution < 1.29 is 4.39 Å². The summed E-state index contributed by atoms with van der Waals surface area (Å²) < 4.78 is 13.1. The minimum atomic E-state index is -0.614. The number of halogens is 3. The molecule has 0 radical (unpaired) electrons. The summed E-state index contributed by atoms with van der Waals surface area (Å²) in [6.07, 6.45) is 1.48. The van der Waals surface area contributed by atoms with Crippen molar-refractivity contribution in [1.29, 1.82) is 5.26 Å². The van der Waals surface area contributed by atoms with Gasteiger partial charge in [-0.15, -0.1) is 0 Å². The Balaban J connectivity index is 2.59. The molecule has 1 aromatic heterocycles. The molecule has 0 N–H and O–H groups in total. The van der Waals surface area contributed by atoms with E-state index in [1.807, 2.05) is 6.07 Å². The first-order valence-electron chi connectivity index (χ1n) is 5.08. The summed E-state index contributed by atoms with van der Waals surface area (Å²) in [6, 6.07) is 8.23. The van der Waals surface area contributed by atoms with Crippen LogP contribution in [0.15, 0.2) is 30.5 Å². The highest BCUT2D eigenvalue weighted by Crippen LogP contribution is 2.29. The van der Waals surface area contributed by atoms with Crippen molar-refractivity contribution in [2.24, 2.45) is 0 Å². The third-order valence-corrected chi connectivity index (χ3v) is 2.84. The van der Waals surface area contributed by atoms with Crippen LogP contribution in [0.1, 0.15) is 5.56 Å². The summed E-state index contributed by atoms with van der Waals surface area (Å²) in [6.45, 7) is 0. The van der Waals surface area contributed by atoms with Crippen LogP contribution in [0.2, 0.25) is 10.0 Å². The zero-order chi connectivity index (χ0) is 13.1. The average Bonchev–Trinajstić information content (AvgIpc) is 2.28. The van der Waals surface area contributed by atoms with E-state index in [0.717, 1.165) is 0 Å². The lowest BCUT2D eigenvalue weighted by Gasteiger charge is -2.07. The first-order chi connectivity index (χ1) is 8.60. The molecule has 0 unspecified atom stereocenters. The highest BCUT2D eigenvalue weighted by Gasteiger charge is 2.09. The second-order valence-corrected chi connectivity index (χ2v) is 4.53. The van der Waals surface area contributed by atoms with E-state index < -0.39 is 5.95 Å². The maximum absolute atomic E-state index is 13.1. The van der Waals surface area contributed by atoms with Crippen molar-refractivity contribution >= 4 is 23.2 Å². The quantitative estimate of drug-likeness (QED) is 0.771. The topological polar surface area (TPSA) is 36.7 Å². The summed E-state index contributed by atoms with van der Waals surface area (Å²) in [5, 5.41) is 9.70. The Morgan fingerprint density at radius 3 is 2.44 bits per heavy atom. The molecule has 2 aromatic rings. The van der Waals surface area contributed by atoms with Gasteiger partial charge in [0.15, 0.2) is 0 Å². The standard InChI is InChI=1S/C13H7Cl2FN2/c14-10-3-9(4-11(15)6-10)12-7-18-13(16)5-8(12)1-2-17/h3-7H,1H2. The zero-order valence-electron chi connectivity index (χ0n) is 9.12. The van der Waals surface area contributed by atoms with Gasteiger partial charge in [0, 0.05) is 21.8 Å². The van der Waals surface area contributed by atoms with Gasteiger partial charge in [-0.25, -0.2) is 4.98 Å². The van der Waals surface area contributed by atoms with Gasteiger partial charge in [0.05, 0.1) is 12.5 Å². The zero-order valence-corrected chi connectivity index (χ0v) is 10.6. The van der Waals surface area contributed by atoms with Crippen molar-refractivity contribution in [2.75, 3.05) is 0 Å². The maximum atomic E-state index is 13.1. The van der Waals surface area contributed by atoms with Crippen molar-refractivity contribution in [3.05, 3.63) is 52.0 Å². The van der Waals surface area contributed by atoms with Gasteiger partial charge >= 0.3 is 0 Å². The van der Waals surface area contributed by atoms with E-state index in [4.69, 9.17) is 28.5 Å². The molecule has 5 heteroatoms. The number of hydrogen-bond acceptors (Lipinski definition) is 2. The normalized spacial score (nSPS) is 10.1. The summed E-state index contributed by atoms with van der Waals surface area (Å²) in [7, 11) is 0. The molecule has 0 bridgehead atoms. The second-order valence-electron chi connectivity index (χ2n) is 3.66. The maximum Gasteiger partial charge on any atom is 0.213 e. The van der Waals surface area contributed by atoms with E-state index in [9.17, 15) is 4.39 Å². The van der Waals surface area contributed by atoms with Crippen molar-refractivity contribution in [3.63, 3.8) is 0 Å². The number of rotatable bonds is 2. The number of nitriles is 1. The number of aromatic nitrogens is 1. The molecule has 0 saturated heterocycles. The van der Waals surface area contributed by atoms with Crippen LogP contribution in [0, 0.1) is 17.3 Å². The minimum Gasteiger partial charge on any atom is -0.228 e. The van der Waals surface area contributed by atoms with Crippen LogP contribution >= 0.6 is 23.2 Å². The predicted molar refractivity (Wildman–Crippen MR) is 69.0 cm³/mol. The molecule has 0 aliphatic rings. The Kier molecular flexibility index (Phi) is 3.81. The molecule has 1 aromatic carbocycles. The largest absolute Gasteiger partial charge is 0.228 e. The predicted octanol–water partition coefficient (Wildman–Crippen LogP) is 4.26. The lowest BCUT2D eigenvalue weighted by molar-refractivity contribution is 0.582. The molecule has 0 amide bonds. The molecule has 0 aliphatic heterocycles. The van der Waals surface area contributed by atoms with Gasteiger partial charge in [0.25, 0.3) is 0 Å². The fourth-order valence-corrected chi connectivity index (χ4v) is 2.19. The smallest absolute Gasteiger partial charge is 0.213 e. The molecule has 2 rings (SSSR count).